The molecule has 1 amide bonds. The topological polar surface area (TPSA) is 84.6 Å². The number of amides is 1. The minimum absolute atomic E-state index is 0.0141. The molecule has 0 unspecified atom stereocenters. The molecule has 0 heterocycles. The predicted octanol–water partition coefficient (Wildman–Crippen LogP) is 3.84. The zero-order chi connectivity index (χ0) is 17.7. The molecule has 1 aromatic rings. The lowest BCUT2D eigenvalue weighted by Gasteiger charge is -2.34. The maximum absolute atomic E-state index is 12.3. The molecule has 0 radical (unpaired) electrons. The van der Waals surface area contributed by atoms with Crippen LogP contribution in [0.2, 0.25) is 0 Å². The van der Waals surface area contributed by atoms with Gasteiger partial charge in [-0.1, -0.05) is 20.8 Å². The Bertz CT molecular complexity index is 754. The Hall–Kier alpha value is -2.24. The number of fused-ring (bicyclic) bond motifs is 2. The smallest absolute Gasteiger partial charge is 0.267 e. The molecule has 2 fully saturated rings. The SMILES string of the molecule is Cc1cc(C(=O)N/N=C2/C[C@H]3CC[C@@]2(C)C3(C)C)ccc1[N+](=O)[O-]. The molecule has 6 nitrogen and oxygen atoms in total. The minimum Gasteiger partial charge on any atom is -0.267 e. The number of nitro groups is 1. The third kappa shape index (κ3) is 2.32. The van der Waals surface area contributed by atoms with Gasteiger partial charge in [0.05, 0.1) is 4.92 Å². The predicted molar refractivity (Wildman–Crippen MR) is 92.0 cm³/mol. The van der Waals surface area contributed by atoms with E-state index in [1.807, 2.05) is 0 Å². The molecule has 0 spiro atoms. The number of hydrogen-bond donors (Lipinski definition) is 1. The fourth-order valence-corrected chi connectivity index (χ4v) is 4.28. The molecule has 0 saturated heterocycles. The van der Waals surface area contributed by atoms with E-state index >= 15 is 0 Å². The maximum atomic E-state index is 12.3. The van der Waals surface area contributed by atoms with Crippen LogP contribution in [0.3, 0.4) is 0 Å². The highest BCUT2D eigenvalue weighted by Gasteiger charge is 2.60. The molecule has 6 heteroatoms. The van der Waals surface area contributed by atoms with Gasteiger partial charge in [-0.25, -0.2) is 5.43 Å². The average molecular weight is 329 g/mol. The average Bonchev–Trinajstić information content (AvgIpc) is 2.85. The van der Waals surface area contributed by atoms with Crippen molar-refractivity contribution in [1.29, 1.82) is 0 Å². The normalized spacial score (nSPS) is 29.0. The lowest BCUT2D eigenvalue weighted by atomic mass is 9.70. The zero-order valence-corrected chi connectivity index (χ0v) is 14.5. The van der Waals surface area contributed by atoms with Crippen LogP contribution in [0.15, 0.2) is 23.3 Å². The van der Waals surface area contributed by atoms with Crippen LogP contribution in [0.4, 0.5) is 5.69 Å². The first kappa shape index (κ1) is 16.6. The highest BCUT2D eigenvalue weighted by molar-refractivity contribution is 5.98. The Morgan fingerprint density at radius 2 is 2.08 bits per heavy atom. The van der Waals surface area contributed by atoms with Gasteiger partial charge in [-0.3, -0.25) is 14.9 Å². The van der Waals surface area contributed by atoms with Crippen LogP contribution in [-0.2, 0) is 0 Å². The van der Waals surface area contributed by atoms with Crippen molar-refractivity contribution in [2.24, 2.45) is 21.8 Å². The van der Waals surface area contributed by atoms with Crippen molar-refractivity contribution in [1.82, 2.24) is 5.43 Å². The maximum Gasteiger partial charge on any atom is 0.272 e. The van der Waals surface area contributed by atoms with Crippen LogP contribution in [0, 0.1) is 33.8 Å². The summed E-state index contributed by atoms with van der Waals surface area (Å²) in [5, 5.41) is 15.3. The Labute approximate surface area is 141 Å². The van der Waals surface area contributed by atoms with Gasteiger partial charge in [0, 0.05) is 28.3 Å². The van der Waals surface area contributed by atoms with Crippen molar-refractivity contribution in [3.8, 4) is 0 Å². The zero-order valence-electron chi connectivity index (χ0n) is 14.5. The number of benzene rings is 1. The Morgan fingerprint density at radius 1 is 1.38 bits per heavy atom. The molecule has 1 aromatic carbocycles. The van der Waals surface area contributed by atoms with Gasteiger partial charge in [0.25, 0.3) is 11.6 Å². The number of aryl methyl sites for hydroxylation is 1. The van der Waals surface area contributed by atoms with Crippen LogP contribution >= 0.6 is 0 Å². The van der Waals surface area contributed by atoms with Crippen LogP contribution in [0.25, 0.3) is 0 Å². The van der Waals surface area contributed by atoms with Crippen molar-refractivity contribution < 1.29 is 9.72 Å². The Kier molecular flexibility index (Phi) is 3.73. The first-order valence-corrected chi connectivity index (χ1v) is 8.29. The summed E-state index contributed by atoms with van der Waals surface area (Å²) in [4.78, 5) is 22.7. The first-order valence-electron chi connectivity index (χ1n) is 8.29. The second-order valence-electron chi connectivity index (χ2n) is 7.75. The second kappa shape index (κ2) is 5.40. The van der Waals surface area contributed by atoms with Crippen molar-refractivity contribution in [2.75, 3.05) is 0 Å². The van der Waals surface area contributed by atoms with Gasteiger partial charge in [-0.15, -0.1) is 0 Å². The van der Waals surface area contributed by atoms with Crippen LogP contribution in [0.1, 0.15) is 56.0 Å². The summed E-state index contributed by atoms with van der Waals surface area (Å²) < 4.78 is 0. The third-order valence-electron chi connectivity index (χ3n) is 6.46. The molecule has 0 aromatic heterocycles. The van der Waals surface area contributed by atoms with Gasteiger partial charge in [-0.2, -0.15) is 5.10 Å². The molecule has 2 atom stereocenters. The summed E-state index contributed by atoms with van der Waals surface area (Å²) in [5.74, 6) is 0.296. The summed E-state index contributed by atoms with van der Waals surface area (Å²) >= 11 is 0. The fourth-order valence-electron chi connectivity index (χ4n) is 4.28. The molecule has 3 rings (SSSR count). The number of carbonyl (C=O) groups is 1. The summed E-state index contributed by atoms with van der Waals surface area (Å²) in [5.41, 5.74) is 4.82. The van der Waals surface area contributed by atoms with Gasteiger partial charge < -0.3 is 0 Å². The molecule has 24 heavy (non-hydrogen) atoms. The van der Waals surface area contributed by atoms with E-state index in [4.69, 9.17) is 0 Å². The van der Waals surface area contributed by atoms with Gasteiger partial charge in [0.2, 0.25) is 0 Å². The number of rotatable bonds is 3. The van der Waals surface area contributed by atoms with E-state index < -0.39 is 4.92 Å². The van der Waals surface area contributed by atoms with Crippen molar-refractivity contribution >= 4 is 17.3 Å². The lowest BCUT2D eigenvalue weighted by Crippen LogP contribution is -2.34. The number of hydrazone groups is 1. The molecule has 0 aliphatic heterocycles. The van der Waals surface area contributed by atoms with Gasteiger partial charge in [-0.05, 0) is 49.7 Å². The summed E-state index contributed by atoms with van der Waals surface area (Å²) in [6.45, 7) is 8.44. The van der Waals surface area contributed by atoms with Gasteiger partial charge in [0.15, 0.2) is 0 Å². The van der Waals surface area contributed by atoms with Crippen molar-refractivity contribution in [3.63, 3.8) is 0 Å². The van der Waals surface area contributed by atoms with Gasteiger partial charge in [0.1, 0.15) is 0 Å². The summed E-state index contributed by atoms with van der Waals surface area (Å²) in [7, 11) is 0. The van der Waals surface area contributed by atoms with Gasteiger partial charge >= 0.3 is 0 Å². The molecule has 2 bridgehead atoms. The second-order valence-corrected chi connectivity index (χ2v) is 7.75. The van der Waals surface area contributed by atoms with Crippen molar-refractivity contribution in [3.05, 3.63) is 39.4 Å². The summed E-state index contributed by atoms with van der Waals surface area (Å²) in [6.07, 6.45) is 3.26. The molecular weight excluding hydrogens is 306 g/mol. The van der Waals surface area contributed by atoms with E-state index in [9.17, 15) is 14.9 Å². The number of nitrogens with one attached hydrogen (secondary N) is 1. The molecule has 128 valence electrons. The number of nitrogens with zero attached hydrogens (tertiary/aromatic N) is 2. The van der Waals surface area contributed by atoms with E-state index in [2.05, 4.69) is 31.3 Å². The Balaban J connectivity index is 1.77. The quantitative estimate of drug-likeness (QED) is 0.675. The highest BCUT2D eigenvalue weighted by Crippen LogP contribution is 2.63. The largest absolute Gasteiger partial charge is 0.272 e. The fraction of sp³-hybridized carbons (Fsp3) is 0.556. The molecule has 1 N–H and O–H groups in total. The molecule has 2 aliphatic rings. The molecule has 2 saturated carbocycles. The van der Waals surface area contributed by atoms with Crippen LogP contribution in [-0.4, -0.2) is 16.5 Å². The number of hydrogen-bond acceptors (Lipinski definition) is 4. The van der Waals surface area contributed by atoms with Crippen LogP contribution in [0.5, 0.6) is 0 Å². The van der Waals surface area contributed by atoms with Crippen molar-refractivity contribution in [2.45, 2.75) is 47.0 Å². The van der Waals surface area contributed by atoms with E-state index in [0.717, 1.165) is 18.6 Å². The molecule has 2 aliphatic carbocycles. The lowest BCUT2D eigenvalue weighted by molar-refractivity contribution is -0.385. The molecular formula is C18H23N3O3. The van der Waals surface area contributed by atoms with E-state index in [0.29, 0.717) is 17.0 Å². The monoisotopic (exact) mass is 329 g/mol. The summed E-state index contributed by atoms with van der Waals surface area (Å²) in [6, 6.07) is 4.35. The number of nitro benzene ring substituents is 1. The standard InChI is InChI=1S/C18H23N3O3/c1-11-9-12(5-6-14(11)21(23)24)16(22)20-19-15-10-13-7-8-18(15,4)17(13,2)3/h5-6,9,13H,7-8,10H2,1-4H3,(H,20,22)/b19-15-/t13-,18-/m1/s1. The van der Waals surface area contributed by atoms with E-state index in [1.165, 1.54) is 24.6 Å². The Morgan fingerprint density at radius 3 is 2.58 bits per heavy atom. The highest BCUT2D eigenvalue weighted by atomic mass is 16.6. The van der Waals surface area contributed by atoms with E-state index in [1.54, 1.807) is 6.92 Å². The third-order valence-corrected chi connectivity index (χ3v) is 6.46. The van der Waals surface area contributed by atoms with E-state index in [-0.39, 0.29) is 22.4 Å². The van der Waals surface area contributed by atoms with Crippen LogP contribution < -0.4 is 5.43 Å². The minimum atomic E-state index is -0.449. The first-order chi connectivity index (χ1) is 11.2. The number of carbonyl (C=O) groups excluding carboxylic acids is 1.